The molecule has 2 aliphatic heterocycles. The van der Waals surface area contributed by atoms with Gasteiger partial charge in [0.15, 0.2) is 0 Å². The van der Waals surface area contributed by atoms with E-state index in [1.54, 1.807) is 0 Å². The molecule has 3 rings (SSSR count). The normalized spacial score (nSPS) is 55.1. The van der Waals surface area contributed by atoms with Gasteiger partial charge in [-0.05, 0) is 19.8 Å². The van der Waals surface area contributed by atoms with Gasteiger partial charge >= 0.3 is 0 Å². The van der Waals surface area contributed by atoms with Crippen LogP contribution in [-0.4, -0.2) is 17.0 Å². The van der Waals surface area contributed by atoms with Crippen LogP contribution < -0.4 is 0 Å². The molecule has 2 fully saturated rings. The van der Waals surface area contributed by atoms with Crippen LogP contribution in [0.3, 0.4) is 0 Å². The molecule has 1 spiro atoms. The molecule has 0 amide bonds. The summed E-state index contributed by atoms with van der Waals surface area (Å²) >= 11 is 0. The van der Waals surface area contributed by atoms with Crippen LogP contribution in [0.15, 0.2) is 12.2 Å². The summed E-state index contributed by atoms with van der Waals surface area (Å²) in [6.07, 6.45) is 7.08. The van der Waals surface area contributed by atoms with Crippen molar-refractivity contribution in [2.75, 3.05) is 0 Å². The van der Waals surface area contributed by atoms with Crippen molar-refractivity contribution in [3.8, 4) is 0 Å². The number of carbonyl (C=O) groups excluding carboxylic acids is 1. The summed E-state index contributed by atoms with van der Waals surface area (Å²) in [7, 11) is 0. The van der Waals surface area contributed by atoms with Crippen molar-refractivity contribution in [2.45, 2.75) is 44.3 Å². The van der Waals surface area contributed by atoms with Crippen LogP contribution in [0.1, 0.15) is 33.1 Å². The van der Waals surface area contributed by atoms with Gasteiger partial charge in [0.05, 0.1) is 17.1 Å². The maximum absolute atomic E-state index is 11.9. The highest BCUT2D eigenvalue weighted by Crippen LogP contribution is 2.57. The third-order valence-electron chi connectivity index (χ3n) is 4.37. The molecule has 2 bridgehead atoms. The minimum Gasteiger partial charge on any atom is -0.360 e. The average molecular weight is 192 g/mol. The Balaban J connectivity index is 2.10. The molecule has 1 saturated carbocycles. The first-order chi connectivity index (χ1) is 6.57. The highest BCUT2D eigenvalue weighted by molar-refractivity contribution is 5.85. The fraction of sp³-hybridized carbons (Fsp3) is 0.750. The van der Waals surface area contributed by atoms with Crippen LogP contribution in [0.5, 0.6) is 0 Å². The van der Waals surface area contributed by atoms with Crippen LogP contribution in [0, 0.1) is 11.8 Å². The van der Waals surface area contributed by atoms with E-state index in [9.17, 15) is 4.79 Å². The van der Waals surface area contributed by atoms with Gasteiger partial charge in [0.1, 0.15) is 5.78 Å². The largest absolute Gasteiger partial charge is 0.360 e. The lowest BCUT2D eigenvalue weighted by atomic mass is 9.65. The smallest absolute Gasteiger partial charge is 0.139 e. The molecule has 0 aromatic heterocycles. The summed E-state index contributed by atoms with van der Waals surface area (Å²) in [6.45, 7) is 4.26. The summed E-state index contributed by atoms with van der Waals surface area (Å²) in [5, 5.41) is 0. The van der Waals surface area contributed by atoms with Gasteiger partial charge in [0.25, 0.3) is 0 Å². The Kier molecular flexibility index (Phi) is 1.42. The first kappa shape index (κ1) is 8.66. The van der Waals surface area contributed by atoms with Gasteiger partial charge in [0.2, 0.25) is 0 Å². The van der Waals surface area contributed by atoms with Crippen molar-refractivity contribution < 1.29 is 9.53 Å². The van der Waals surface area contributed by atoms with E-state index >= 15 is 0 Å². The quantitative estimate of drug-likeness (QED) is 0.549. The predicted molar refractivity (Wildman–Crippen MR) is 52.9 cm³/mol. The maximum Gasteiger partial charge on any atom is 0.139 e. The molecular weight excluding hydrogens is 176 g/mol. The van der Waals surface area contributed by atoms with Crippen LogP contribution in [0.25, 0.3) is 0 Å². The lowest BCUT2D eigenvalue weighted by Gasteiger charge is -2.35. The molecule has 3 aliphatic rings. The van der Waals surface area contributed by atoms with Gasteiger partial charge in [-0.25, -0.2) is 0 Å². The molecule has 1 saturated heterocycles. The number of Topliss-reactive ketones (excluding diaryl/α,β-unsaturated/α-hetero) is 1. The number of carbonyl (C=O) groups is 1. The Hall–Kier alpha value is -0.630. The molecule has 14 heavy (non-hydrogen) atoms. The van der Waals surface area contributed by atoms with Crippen LogP contribution in [0.2, 0.25) is 0 Å². The van der Waals surface area contributed by atoms with E-state index in [2.05, 4.69) is 26.0 Å². The Labute approximate surface area is 84.3 Å². The van der Waals surface area contributed by atoms with Crippen molar-refractivity contribution in [2.24, 2.45) is 11.8 Å². The second kappa shape index (κ2) is 2.30. The van der Waals surface area contributed by atoms with Crippen molar-refractivity contribution in [1.29, 1.82) is 0 Å². The first-order valence-corrected chi connectivity index (χ1v) is 5.51. The third kappa shape index (κ3) is 0.789. The Morgan fingerprint density at radius 2 is 2.29 bits per heavy atom. The SMILES string of the molecule is C[C@H]1[C@@H]2C(=O)CCC[C@@]23C=C[C@@]1(C)O3. The van der Waals surface area contributed by atoms with Gasteiger partial charge < -0.3 is 4.74 Å². The molecule has 1 aliphatic carbocycles. The Bertz CT molecular complexity index is 333. The highest BCUT2D eigenvalue weighted by Gasteiger charge is 2.63. The van der Waals surface area contributed by atoms with Crippen LogP contribution >= 0.6 is 0 Å². The number of hydrogen-bond acceptors (Lipinski definition) is 2. The van der Waals surface area contributed by atoms with E-state index in [-0.39, 0.29) is 17.1 Å². The molecular formula is C12H16O2. The zero-order valence-electron chi connectivity index (χ0n) is 8.75. The highest BCUT2D eigenvalue weighted by atomic mass is 16.5. The minimum absolute atomic E-state index is 0.131. The fourth-order valence-corrected chi connectivity index (χ4v) is 3.49. The predicted octanol–water partition coefficient (Wildman–Crippen LogP) is 2.09. The van der Waals surface area contributed by atoms with Gasteiger partial charge in [0, 0.05) is 12.3 Å². The Morgan fingerprint density at radius 1 is 1.50 bits per heavy atom. The summed E-state index contributed by atoms with van der Waals surface area (Å²) in [6, 6.07) is 0. The zero-order valence-corrected chi connectivity index (χ0v) is 8.75. The van der Waals surface area contributed by atoms with E-state index in [0.717, 1.165) is 19.3 Å². The second-order valence-corrected chi connectivity index (χ2v) is 5.16. The Morgan fingerprint density at radius 3 is 3.00 bits per heavy atom. The third-order valence-corrected chi connectivity index (χ3v) is 4.37. The summed E-state index contributed by atoms with van der Waals surface area (Å²) < 4.78 is 6.10. The molecule has 0 aromatic carbocycles. The molecule has 2 heterocycles. The number of fused-ring (bicyclic) bond motifs is 1. The van der Waals surface area contributed by atoms with Crippen LogP contribution in [0.4, 0.5) is 0 Å². The molecule has 2 heteroatoms. The fourth-order valence-electron chi connectivity index (χ4n) is 3.49. The monoisotopic (exact) mass is 192 g/mol. The first-order valence-electron chi connectivity index (χ1n) is 5.51. The van der Waals surface area contributed by atoms with Gasteiger partial charge in [-0.2, -0.15) is 0 Å². The summed E-state index contributed by atoms with van der Waals surface area (Å²) in [4.78, 5) is 11.9. The van der Waals surface area contributed by atoms with Gasteiger partial charge in [-0.1, -0.05) is 19.1 Å². The number of ether oxygens (including phenoxy) is 1. The zero-order chi connectivity index (χ0) is 9.97. The van der Waals surface area contributed by atoms with Crippen molar-refractivity contribution in [3.63, 3.8) is 0 Å². The number of hydrogen-bond donors (Lipinski definition) is 0. The number of rotatable bonds is 0. The van der Waals surface area contributed by atoms with E-state index < -0.39 is 0 Å². The summed E-state index contributed by atoms with van der Waals surface area (Å²) in [5.74, 6) is 0.892. The average Bonchev–Trinajstić information content (AvgIpc) is 2.54. The molecule has 0 N–H and O–H groups in total. The van der Waals surface area contributed by atoms with E-state index in [4.69, 9.17) is 4.74 Å². The van der Waals surface area contributed by atoms with E-state index in [1.807, 2.05) is 0 Å². The molecule has 2 nitrogen and oxygen atoms in total. The van der Waals surface area contributed by atoms with Crippen molar-refractivity contribution in [1.82, 2.24) is 0 Å². The summed E-state index contributed by atoms with van der Waals surface area (Å²) in [5.41, 5.74) is -0.395. The standard InChI is InChI=1S/C12H16O2/c1-8-10-9(13)4-3-5-12(10)7-6-11(8,2)14-12/h6-8,10H,3-5H2,1-2H3/t8-,10+,11+,12+/m0/s1. The van der Waals surface area contributed by atoms with Crippen molar-refractivity contribution >= 4 is 5.78 Å². The molecule has 0 aromatic rings. The molecule has 0 unspecified atom stereocenters. The molecule has 76 valence electrons. The van der Waals surface area contributed by atoms with Gasteiger partial charge in [-0.15, -0.1) is 0 Å². The van der Waals surface area contributed by atoms with Crippen molar-refractivity contribution in [3.05, 3.63) is 12.2 Å². The lowest BCUT2D eigenvalue weighted by molar-refractivity contribution is -0.131. The van der Waals surface area contributed by atoms with E-state index in [0.29, 0.717) is 11.7 Å². The van der Waals surface area contributed by atoms with Crippen LogP contribution in [-0.2, 0) is 9.53 Å². The lowest BCUT2D eigenvalue weighted by Crippen LogP contribution is -2.43. The van der Waals surface area contributed by atoms with Gasteiger partial charge in [-0.3, -0.25) is 4.79 Å². The topological polar surface area (TPSA) is 26.3 Å². The second-order valence-electron chi connectivity index (χ2n) is 5.16. The minimum atomic E-state index is -0.219. The van der Waals surface area contributed by atoms with E-state index in [1.165, 1.54) is 0 Å². The number of ketones is 1. The maximum atomic E-state index is 11.9. The molecule has 4 atom stereocenters. The molecule has 0 radical (unpaired) electrons.